The van der Waals surface area contributed by atoms with Crippen molar-refractivity contribution in [3.63, 3.8) is 0 Å². The molecule has 5 heteroatoms. The average Bonchev–Trinajstić information content (AvgIpc) is 2.92. The number of rotatable bonds is 7. The predicted octanol–water partition coefficient (Wildman–Crippen LogP) is 3.06. The number of ether oxygens (including phenoxy) is 1. The van der Waals surface area contributed by atoms with E-state index in [-0.39, 0.29) is 0 Å². The van der Waals surface area contributed by atoms with Crippen LogP contribution in [-0.4, -0.2) is 30.4 Å². The maximum Gasteiger partial charge on any atom is 0.151 e. The Labute approximate surface area is 124 Å². The molecule has 0 saturated heterocycles. The van der Waals surface area contributed by atoms with Crippen LogP contribution in [0, 0.1) is 6.92 Å². The fourth-order valence-corrected chi connectivity index (χ4v) is 2.90. The minimum atomic E-state index is 0.853. The lowest BCUT2D eigenvalue weighted by Crippen LogP contribution is -2.14. The number of hydrogen-bond acceptors (Lipinski definition) is 5. The molecule has 2 rings (SSSR count). The third kappa shape index (κ3) is 3.77. The third-order valence-electron chi connectivity index (χ3n) is 3.05. The zero-order chi connectivity index (χ0) is 14.4. The zero-order valence-corrected chi connectivity index (χ0v) is 13.1. The Morgan fingerprint density at radius 1 is 1.30 bits per heavy atom. The van der Waals surface area contributed by atoms with Crippen LogP contribution in [0.15, 0.2) is 18.2 Å². The summed E-state index contributed by atoms with van der Waals surface area (Å²) in [7, 11) is 1.69. The number of hydrogen-bond donors (Lipinski definition) is 1. The number of nitrogens with one attached hydrogen (secondary N) is 1. The van der Waals surface area contributed by atoms with Crippen LogP contribution in [0.3, 0.4) is 0 Å². The second-order valence-electron chi connectivity index (χ2n) is 4.66. The van der Waals surface area contributed by atoms with Crippen molar-refractivity contribution in [2.45, 2.75) is 26.7 Å². The molecule has 0 aliphatic carbocycles. The van der Waals surface area contributed by atoms with Crippen LogP contribution in [0.5, 0.6) is 5.75 Å². The summed E-state index contributed by atoms with van der Waals surface area (Å²) in [6, 6.07) is 6.12. The lowest BCUT2D eigenvalue weighted by Gasteiger charge is -2.06. The first-order valence-corrected chi connectivity index (χ1v) is 7.74. The van der Waals surface area contributed by atoms with Crippen LogP contribution in [0.25, 0.3) is 10.6 Å². The first-order chi connectivity index (χ1) is 9.74. The van der Waals surface area contributed by atoms with Crippen LogP contribution < -0.4 is 10.1 Å². The first-order valence-electron chi connectivity index (χ1n) is 6.92. The molecule has 1 N–H and O–H groups in total. The van der Waals surface area contributed by atoms with Crippen LogP contribution in [0.4, 0.5) is 0 Å². The molecule has 0 bridgehead atoms. The van der Waals surface area contributed by atoms with E-state index in [2.05, 4.69) is 35.4 Å². The number of benzene rings is 1. The largest absolute Gasteiger partial charge is 0.496 e. The molecule has 1 heterocycles. The zero-order valence-electron chi connectivity index (χ0n) is 12.3. The van der Waals surface area contributed by atoms with Crippen LogP contribution in [0.2, 0.25) is 0 Å². The molecular weight excluding hydrogens is 270 g/mol. The fourth-order valence-electron chi connectivity index (χ4n) is 1.99. The molecule has 108 valence electrons. The summed E-state index contributed by atoms with van der Waals surface area (Å²) in [5.41, 5.74) is 2.23. The maximum absolute atomic E-state index is 5.41. The van der Waals surface area contributed by atoms with E-state index < -0.39 is 0 Å². The van der Waals surface area contributed by atoms with E-state index in [1.807, 2.05) is 12.1 Å². The summed E-state index contributed by atoms with van der Waals surface area (Å²) in [4.78, 5) is 0. The Balaban J connectivity index is 2.10. The van der Waals surface area contributed by atoms with E-state index in [4.69, 9.17) is 4.74 Å². The van der Waals surface area contributed by atoms with Gasteiger partial charge in [0, 0.05) is 6.42 Å². The highest BCUT2D eigenvalue weighted by Crippen LogP contribution is 2.33. The van der Waals surface area contributed by atoms with E-state index in [9.17, 15) is 0 Å². The number of aryl methyl sites for hydroxylation is 2. The smallest absolute Gasteiger partial charge is 0.151 e. The Morgan fingerprint density at radius 2 is 2.15 bits per heavy atom. The molecule has 0 radical (unpaired) electrons. The molecule has 0 aliphatic rings. The molecule has 1 aromatic heterocycles. The summed E-state index contributed by atoms with van der Waals surface area (Å²) in [6.45, 7) is 6.23. The summed E-state index contributed by atoms with van der Waals surface area (Å²) in [5, 5.41) is 13.9. The molecule has 0 amide bonds. The highest BCUT2D eigenvalue weighted by Gasteiger charge is 2.11. The SMILES string of the molecule is CCNCCCc1nnc(-c2cc(C)ccc2OC)s1. The predicted molar refractivity (Wildman–Crippen MR) is 83.5 cm³/mol. The number of methoxy groups -OCH3 is 1. The van der Waals surface area contributed by atoms with E-state index in [0.29, 0.717) is 0 Å². The Kier molecular flexibility index (Phi) is 5.49. The standard InChI is InChI=1S/C15H21N3OS/c1-4-16-9-5-6-14-17-18-15(20-14)12-10-11(2)7-8-13(12)19-3/h7-8,10,16H,4-6,9H2,1-3H3. The molecule has 0 atom stereocenters. The van der Waals surface area contributed by atoms with Crippen molar-refractivity contribution in [1.82, 2.24) is 15.5 Å². The molecule has 2 aromatic rings. The van der Waals surface area contributed by atoms with Gasteiger partial charge in [-0.3, -0.25) is 0 Å². The molecule has 20 heavy (non-hydrogen) atoms. The second kappa shape index (κ2) is 7.36. The molecule has 1 aromatic carbocycles. The van der Waals surface area contributed by atoms with Gasteiger partial charge in [-0.2, -0.15) is 0 Å². The molecule has 0 spiro atoms. The monoisotopic (exact) mass is 291 g/mol. The topological polar surface area (TPSA) is 47.0 Å². The Morgan fingerprint density at radius 3 is 2.90 bits per heavy atom. The summed E-state index contributed by atoms with van der Waals surface area (Å²) < 4.78 is 5.41. The van der Waals surface area contributed by atoms with Gasteiger partial charge < -0.3 is 10.1 Å². The Hall–Kier alpha value is -1.46. The third-order valence-corrected chi connectivity index (χ3v) is 4.06. The van der Waals surface area contributed by atoms with Gasteiger partial charge in [0.2, 0.25) is 0 Å². The number of nitrogens with zero attached hydrogens (tertiary/aromatic N) is 2. The van der Waals surface area contributed by atoms with Crippen LogP contribution in [0.1, 0.15) is 23.9 Å². The second-order valence-corrected chi connectivity index (χ2v) is 5.72. The van der Waals surface area contributed by atoms with Gasteiger partial charge in [-0.05, 0) is 38.6 Å². The van der Waals surface area contributed by atoms with Crippen molar-refractivity contribution in [2.75, 3.05) is 20.2 Å². The van der Waals surface area contributed by atoms with Gasteiger partial charge in [-0.1, -0.05) is 29.9 Å². The van der Waals surface area contributed by atoms with Gasteiger partial charge in [0.25, 0.3) is 0 Å². The molecule has 0 unspecified atom stereocenters. The van der Waals surface area contributed by atoms with E-state index >= 15 is 0 Å². The normalized spacial score (nSPS) is 10.8. The summed E-state index contributed by atoms with van der Waals surface area (Å²) in [6.07, 6.45) is 2.06. The van der Waals surface area contributed by atoms with Crippen molar-refractivity contribution < 1.29 is 4.74 Å². The van der Waals surface area contributed by atoms with E-state index in [1.54, 1.807) is 18.4 Å². The van der Waals surface area contributed by atoms with Gasteiger partial charge in [-0.25, -0.2) is 0 Å². The number of aromatic nitrogens is 2. The lowest BCUT2D eigenvalue weighted by molar-refractivity contribution is 0.416. The van der Waals surface area contributed by atoms with Crippen molar-refractivity contribution in [3.05, 3.63) is 28.8 Å². The van der Waals surface area contributed by atoms with Crippen molar-refractivity contribution in [3.8, 4) is 16.3 Å². The lowest BCUT2D eigenvalue weighted by atomic mass is 10.1. The van der Waals surface area contributed by atoms with Crippen LogP contribution >= 0.6 is 11.3 Å². The molecule has 4 nitrogen and oxygen atoms in total. The summed E-state index contributed by atoms with van der Waals surface area (Å²) in [5.74, 6) is 0.853. The van der Waals surface area contributed by atoms with Crippen molar-refractivity contribution in [2.24, 2.45) is 0 Å². The highest BCUT2D eigenvalue weighted by atomic mass is 32.1. The van der Waals surface area contributed by atoms with Gasteiger partial charge in [0.1, 0.15) is 10.8 Å². The minimum absolute atomic E-state index is 0.853. The quantitative estimate of drug-likeness (QED) is 0.796. The van der Waals surface area contributed by atoms with Gasteiger partial charge >= 0.3 is 0 Å². The van der Waals surface area contributed by atoms with Gasteiger partial charge in [0.15, 0.2) is 5.01 Å². The fraction of sp³-hybridized carbons (Fsp3) is 0.467. The molecule has 0 aliphatic heterocycles. The van der Waals surface area contributed by atoms with Gasteiger partial charge in [-0.15, -0.1) is 10.2 Å². The summed E-state index contributed by atoms with van der Waals surface area (Å²) >= 11 is 1.65. The van der Waals surface area contributed by atoms with Crippen LogP contribution in [-0.2, 0) is 6.42 Å². The van der Waals surface area contributed by atoms with Crippen molar-refractivity contribution in [1.29, 1.82) is 0 Å². The van der Waals surface area contributed by atoms with E-state index in [1.165, 1.54) is 5.56 Å². The van der Waals surface area contributed by atoms with Gasteiger partial charge in [0.05, 0.1) is 12.7 Å². The Bertz CT molecular complexity index is 554. The molecular formula is C15H21N3OS. The highest BCUT2D eigenvalue weighted by molar-refractivity contribution is 7.14. The maximum atomic E-state index is 5.41. The molecule has 0 fully saturated rings. The first kappa shape index (κ1) is 14.9. The van der Waals surface area contributed by atoms with E-state index in [0.717, 1.165) is 47.3 Å². The minimum Gasteiger partial charge on any atom is -0.496 e. The van der Waals surface area contributed by atoms with Crippen molar-refractivity contribution >= 4 is 11.3 Å². The average molecular weight is 291 g/mol. The molecule has 0 saturated carbocycles.